The smallest absolute Gasteiger partial charge is 0.310 e. The van der Waals surface area contributed by atoms with E-state index >= 15 is 0 Å². The van der Waals surface area contributed by atoms with Crippen LogP contribution in [0.2, 0.25) is 0 Å². The van der Waals surface area contributed by atoms with Gasteiger partial charge in [-0.25, -0.2) is 0 Å². The first-order chi connectivity index (χ1) is 10.5. The predicted octanol–water partition coefficient (Wildman–Crippen LogP) is 3.53. The van der Waals surface area contributed by atoms with E-state index in [1.165, 1.54) is 11.1 Å². The monoisotopic (exact) mass is 335 g/mol. The van der Waals surface area contributed by atoms with E-state index in [0.717, 1.165) is 12.8 Å². The molecule has 1 fully saturated rings. The maximum Gasteiger partial charge on any atom is 0.310 e. The van der Waals surface area contributed by atoms with Crippen molar-refractivity contribution in [3.8, 4) is 0 Å². The van der Waals surface area contributed by atoms with E-state index in [4.69, 9.17) is 4.74 Å². The van der Waals surface area contributed by atoms with Crippen LogP contribution in [0.3, 0.4) is 0 Å². The van der Waals surface area contributed by atoms with Crippen LogP contribution in [0.4, 0.5) is 0 Å². The molecular weight excluding hydrogens is 310 g/mol. The number of hydrogen-bond acceptors (Lipinski definition) is 3. The second-order valence-corrected chi connectivity index (χ2v) is 6.76. The molecule has 3 aliphatic rings. The highest BCUT2D eigenvalue weighted by Crippen LogP contribution is 2.48. The van der Waals surface area contributed by atoms with Gasteiger partial charge < -0.3 is 10.1 Å². The summed E-state index contributed by atoms with van der Waals surface area (Å²) in [5, 5.41) is 3.68. The number of ether oxygens (including phenoxy) is 1. The van der Waals surface area contributed by atoms with Crippen molar-refractivity contribution in [2.24, 2.45) is 11.3 Å². The molecule has 0 radical (unpaired) electrons. The van der Waals surface area contributed by atoms with E-state index in [9.17, 15) is 4.79 Å². The lowest BCUT2D eigenvalue weighted by molar-refractivity contribution is -0.152. The lowest BCUT2D eigenvalue weighted by atomic mass is 9.60. The molecule has 3 nitrogen and oxygen atoms in total. The molecule has 4 rings (SSSR count). The molecule has 4 atom stereocenters. The first-order valence-electron chi connectivity index (χ1n) is 8.20. The lowest BCUT2D eigenvalue weighted by Crippen LogP contribution is -2.62. The van der Waals surface area contributed by atoms with E-state index in [2.05, 4.69) is 49.5 Å². The van der Waals surface area contributed by atoms with Crippen LogP contribution in [-0.2, 0) is 16.0 Å². The third kappa shape index (κ3) is 3.31. The predicted molar refractivity (Wildman–Crippen MR) is 94.7 cm³/mol. The van der Waals surface area contributed by atoms with Gasteiger partial charge in [-0.3, -0.25) is 4.79 Å². The van der Waals surface area contributed by atoms with Crippen LogP contribution in [0.5, 0.6) is 0 Å². The van der Waals surface area contributed by atoms with Gasteiger partial charge in [-0.2, -0.15) is 0 Å². The molecule has 1 aromatic rings. The Morgan fingerprint density at radius 1 is 1.35 bits per heavy atom. The summed E-state index contributed by atoms with van der Waals surface area (Å²) < 4.78 is 5.26. The zero-order valence-corrected chi connectivity index (χ0v) is 14.9. The van der Waals surface area contributed by atoms with Crippen LogP contribution in [0.1, 0.15) is 32.8 Å². The number of halogens is 1. The van der Waals surface area contributed by atoms with Crippen molar-refractivity contribution in [1.82, 2.24) is 5.32 Å². The zero-order chi connectivity index (χ0) is 15.7. The van der Waals surface area contributed by atoms with Crippen molar-refractivity contribution in [3.63, 3.8) is 0 Å². The highest BCUT2D eigenvalue weighted by Gasteiger charge is 2.51. The van der Waals surface area contributed by atoms with Crippen LogP contribution in [-0.4, -0.2) is 24.7 Å². The minimum absolute atomic E-state index is 0. The van der Waals surface area contributed by atoms with Crippen LogP contribution < -0.4 is 5.32 Å². The Hall–Kier alpha value is -1.32. The van der Waals surface area contributed by atoms with Gasteiger partial charge in [0.2, 0.25) is 0 Å². The molecule has 23 heavy (non-hydrogen) atoms. The van der Waals surface area contributed by atoms with Crippen molar-refractivity contribution in [3.05, 3.63) is 47.5 Å². The average molecular weight is 336 g/mol. The van der Waals surface area contributed by atoms with Gasteiger partial charge in [-0.1, -0.05) is 48.9 Å². The number of fused-ring (bicyclic) bond motifs is 2. The molecule has 1 aliphatic carbocycles. The Morgan fingerprint density at radius 2 is 2.04 bits per heavy atom. The van der Waals surface area contributed by atoms with Crippen LogP contribution in [0.25, 0.3) is 0 Å². The number of esters is 1. The third-order valence-electron chi connectivity index (χ3n) is 5.44. The number of carbonyl (C=O) groups excluding carboxylic acids is 1. The molecule has 0 amide bonds. The lowest BCUT2D eigenvalue weighted by Gasteiger charge is -2.53. The molecule has 0 saturated carbocycles. The Labute approximate surface area is 144 Å². The summed E-state index contributed by atoms with van der Waals surface area (Å²) in [4.78, 5) is 12.2. The summed E-state index contributed by atoms with van der Waals surface area (Å²) in [5.74, 6) is -0.117. The summed E-state index contributed by atoms with van der Waals surface area (Å²) in [6, 6.07) is 11.1. The van der Waals surface area contributed by atoms with E-state index in [-0.39, 0.29) is 35.8 Å². The van der Waals surface area contributed by atoms with Gasteiger partial charge in [0, 0.05) is 17.5 Å². The van der Waals surface area contributed by atoms with Gasteiger partial charge in [0.1, 0.15) is 0 Å². The van der Waals surface area contributed by atoms with Crippen LogP contribution >= 0.6 is 12.4 Å². The highest BCUT2D eigenvalue weighted by molar-refractivity contribution is 5.85. The van der Waals surface area contributed by atoms with Crippen molar-refractivity contribution in [1.29, 1.82) is 0 Å². The zero-order valence-electron chi connectivity index (χ0n) is 14.0. The summed E-state index contributed by atoms with van der Waals surface area (Å²) in [6.45, 7) is 6.80. The second kappa shape index (κ2) is 7.06. The van der Waals surface area contributed by atoms with Gasteiger partial charge >= 0.3 is 5.97 Å². The number of benzene rings is 1. The fourth-order valence-corrected chi connectivity index (χ4v) is 3.93. The minimum atomic E-state index is -0.0619. The summed E-state index contributed by atoms with van der Waals surface area (Å²) >= 11 is 0. The Morgan fingerprint density at radius 3 is 2.70 bits per heavy atom. The molecule has 4 heteroatoms. The van der Waals surface area contributed by atoms with Crippen LogP contribution in [0, 0.1) is 11.3 Å². The third-order valence-corrected chi connectivity index (χ3v) is 5.44. The van der Waals surface area contributed by atoms with E-state index in [1.54, 1.807) is 0 Å². The molecule has 2 heterocycles. The molecule has 1 N–H and O–H groups in total. The largest absolute Gasteiger partial charge is 0.466 e. The SMILES string of the molecule is CCOC(=O)C1CC2(C)C(C)=CC1NC2Cc1ccccc1.Cl. The first kappa shape index (κ1) is 18.0. The maximum absolute atomic E-state index is 12.2. The van der Waals surface area contributed by atoms with E-state index in [1.807, 2.05) is 13.0 Å². The number of carbonyl (C=O) groups is 1. The molecule has 1 aromatic carbocycles. The number of piperidine rings is 1. The van der Waals surface area contributed by atoms with Crippen LogP contribution in [0.15, 0.2) is 42.0 Å². The number of hydrogen-bond donors (Lipinski definition) is 1. The topological polar surface area (TPSA) is 38.3 Å². The Bertz CT molecular complexity index is 586. The molecule has 0 aromatic heterocycles. The normalized spacial score (nSPS) is 32.0. The summed E-state index contributed by atoms with van der Waals surface area (Å²) in [7, 11) is 0. The maximum atomic E-state index is 12.2. The van der Waals surface area contributed by atoms with Crippen molar-refractivity contribution < 1.29 is 9.53 Å². The molecule has 2 bridgehead atoms. The van der Waals surface area contributed by atoms with Gasteiger partial charge in [-0.15, -0.1) is 12.4 Å². The molecule has 0 spiro atoms. The van der Waals surface area contributed by atoms with Crippen molar-refractivity contribution in [2.75, 3.05) is 6.61 Å². The summed E-state index contributed by atoms with van der Waals surface area (Å²) in [6.07, 6.45) is 4.10. The fraction of sp³-hybridized carbons (Fsp3) is 0.526. The first-order valence-corrected chi connectivity index (χ1v) is 8.20. The Balaban J connectivity index is 0.00000192. The van der Waals surface area contributed by atoms with Crippen molar-refractivity contribution in [2.45, 2.75) is 45.7 Å². The number of rotatable bonds is 4. The highest BCUT2D eigenvalue weighted by atomic mass is 35.5. The van der Waals surface area contributed by atoms with E-state index in [0.29, 0.717) is 12.6 Å². The van der Waals surface area contributed by atoms with Crippen molar-refractivity contribution >= 4 is 18.4 Å². The molecule has 2 aliphatic heterocycles. The molecule has 126 valence electrons. The molecule has 4 unspecified atom stereocenters. The van der Waals surface area contributed by atoms with Gasteiger partial charge in [0.15, 0.2) is 0 Å². The van der Waals surface area contributed by atoms with E-state index < -0.39 is 0 Å². The summed E-state index contributed by atoms with van der Waals surface area (Å²) in [5.41, 5.74) is 2.76. The fourth-order valence-electron chi connectivity index (χ4n) is 3.93. The number of nitrogens with one attached hydrogen (secondary N) is 1. The second-order valence-electron chi connectivity index (χ2n) is 6.76. The molecular formula is C19H26ClNO2. The minimum Gasteiger partial charge on any atom is -0.466 e. The molecule has 1 saturated heterocycles. The Kier molecular flexibility index (Phi) is 5.53. The average Bonchev–Trinajstić information content (AvgIpc) is 2.50. The quantitative estimate of drug-likeness (QED) is 0.675. The van der Waals surface area contributed by atoms with Gasteiger partial charge in [-0.05, 0) is 32.3 Å². The van der Waals surface area contributed by atoms with Gasteiger partial charge in [0.25, 0.3) is 0 Å². The standard InChI is InChI=1S/C19H25NO2.ClH/c1-4-22-18(21)15-12-19(3)13(2)10-16(15)20-17(19)11-14-8-6-5-7-9-14;/h5-10,15-17,20H,4,11-12H2,1-3H3;1H. The van der Waals surface area contributed by atoms with Gasteiger partial charge in [0.05, 0.1) is 12.5 Å².